The van der Waals surface area contributed by atoms with Gasteiger partial charge < -0.3 is 10.1 Å². The molecule has 0 aliphatic rings. The fourth-order valence-corrected chi connectivity index (χ4v) is 3.48. The van der Waals surface area contributed by atoms with E-state index >= 15 is 0 Å². The Morgan fingerprint density at radius 2 is 1.88 bits per heavy atom. The molecule has 0 aliphatic heterocycles. The molecule has 1 heterocycles. The summed E-state index contributed by atoms with van der Waals surface area (Å²) in [6.07, 6.45) is 4.66. The molecule has 2 N–H and O–H groups in total. The SMILES string of the molecule is O=[N+]([O-])c1cc(Br)c(CCCc2c[nH]c3ccccc23)cc1CO. The van der Waals surface area contributed by atoms with E-state index in [1.807, 2.05) is 18.3 Å². The van der Waals surface area contributed by atoms with Gasteiger partial charge in [-0.25, -0.2) is 0 Å². The zero-order valence-corrected chi connectivity index (χ0v) is 14.5. The van der Waals surface area contributed by atoms with Gasteiger partial charge in [-0.15, -0.1) is 0 Å². The van der Waals surface area contributed by atoms with Crippen molar-refractivity contribution in [3.8, 4) is 0 Å². The first-order chi connectivity index (χ1) is 11.6. The van der Waals surface area contributed by atoms with Gasteiger partial charge in [-0.3, -0.25) is 10.1 Å². The number of aromatic nitrogens is 1. The Morgan fingerprint density at radius 1 is 1.12 bits per heavy atom. The van der Waals surface area contributed by atoms with Crippen LogP contribution in [0.2, 0.25) is 0 Å². The first kappa shape index (κ1) is 16.7. The molecule has 0 saturated heterocycles. The summed E-state index contributed by atoms with van der Waals surface area (Å²) in [5.41, 5.74) is 3.68. The molecular weight excluding hydrogens is 372 g/mol. The second-order valence-electron chi connectivity index (χ2n) is 5.70. The summed E-state index contributed by atoms with van der Waals surface area (Å²) in [6.45, 7) is -0.334. The molecule has 0 spiro atoms. The summed E-state index contributed by atoms with van der Waals surface area (Å²) >= 11 is 3.41. The largest absolute Gasteiger partial charge is 0.391 e. The monoisotopic (exact) mass is 388 g/mol. The van der Waals surface area contributed by atoms with Crippen molar-refractivity contribution in [2.45, 2.75) is 25.9 Å². The highest BCUT2D eigenvalue weighted by molar-refractivity contribution is 9.10. The highest BCUT2D eigenvalue weighted by Gasteiger charge is 2.16. The maximum absolute atomic E-state index is 11.0. The molecule has 0 aliphatic carbocycles. The standard InChI is InChI=1S/C18H17BrN2O3/c19-16-9-18(21(23)24)14(11-22)8-12(16)4-3-5-13-10-20-17-7-2-1-6-15(13)17/h1-2,6-10,20,22H,3-5,11H2. The number of hydrogen-bond donors (Lipinski definition) is 2. The highest BCUT2D eigenvalue weighted by Crippen LogP contribution is 2.29. The number of para-hydroxylation sites is 1. The summed E-state index contributed by atoms with van der Waals surface area (Å²) in [5, 5.41) is 21.6. The number of aliphatic hydroxyl groups is 1. The van der Waals surface area contributed by atoms with Crippen molar-refractivity contribution in [1.82, 2.24) is 4.98 Å². The maximum atomic E-state index is 11.0. The summed E-state index contributed by atoms with van der Waals surface area (Å²) in [6, 6.07) is 11.4. The van der Waals surface area contributed by atoms with Gasteiger partial charge in [0.1, 0.15) is 0 Å². The molecule has 5 nitrogen and oxygen atoms in total. The lowest BCUT2D eigenvalue weighted by Gasteiger charge is -2.08. The van der Waals surface area contributed by atoms with Crippen LogP contribution in [0.5, 0.6) is 0 Å². The minimum Gasteiger partial charge on any atom is -0.391 e. The number of fused-ring (bicyclic) bond motifs is 1. The Balaban J connectivity index is 1.74. The van der Waals surface area contributed by atoms with Crippen LogP contribution >= 0.6 is 15.9 Å². The second-order valence-corrected chi connectivity index (χ2v) is 6.55. The van der Waals surface area contributed by atoms with Crippen molar-refractivity contribution in [3.63, 3.8) is 0 Å². The van der Waals surface area contributed by atoms with Crippen LogP contribution in [0.15, 0.2) is 47.1 Å². The lowest BCUT2D eigenvalue weighted by atomic mass is 10.0. The summed E-state index contributed by atoms with van der Waals surface area (Å²) in [4.78, 5) is 13.8. The normalized spacial score (nSPS) is 11.1. The van der Waals surface area contributed by atoms with Gasteiger partial charge in [0.25, 0.3) is 5.69 Å². The van der Waals surface area contributed by atoms with Crippen molar-refractivity contribution in [1.29, 1.82) is 0 Å². The van der Waals surface area contributed by atoms with Crippen molar-refractivity contribution < 1.29 is 10.0 Å². The number of nitrogens with one attached hydrogen (secondary N) is 1. The van der Waals surface area contributed by atoms with Gasteiger partial charge in [0.05, 0.1) is 17.1 Å². The number of H-pyrrole nitrogens is 1. The number of aryl methyl sites for hydroxylation is 2. The van der Waals surface area contributed by atoms with Gasteiger partial charge in [-0.05, 0) is 42.5 Å². The average Bonchev–Trinajstić information content (AvgIpc) is 2.99. The Hall–Kier alpha value is -2.18. The predicted octanol–water partition coefficient (Wildman–Crippen LogP) is 4.51. The van der Waals surface area contributed by atoms with E-state index in [-0.39, 0.29) is 12.3 Å². The number of benzene rings is 2. The fraction of sp³-hybridized carbons (Fsp3) is 0.222. The molecule has 124 valence electrons. The maximum Gasteiger partial charge on any atom is 0.276 e. The minimum atomic E-state index is -0.466. The molecule has 0 bridgehead atoms. The number of aliphatic hydroxyl groups excluding tert-OH is 1. The molecule has 0 radical (unpaired) electrons. The van der Waals surface area contributed by atoms with E-state index in [1.165, 1.54) is 17.0 Å². The van der Waals surface area contributed by atoms with Crippen LogP contribution < -0.4 is 0 Å². The lowest BCUT2D eigenvalue weighted by molar-refractivity contribution is -0.385. The molecule has 0 amide bonds. The molecule has 6 heteroatoms. The van der Waals surface area contributed by atoms with Gasteiger partial charge in [-0.2, -0.15) is 0 Å². The Labute approximate surface area is 147 Å². The van der Waals surface area contributed by atoms with Crippen molar-refractivity contribution >= 4 is 32.5 Å². The second kappa shape index (κ2) is 7.15. The van der Waals surface area contributed by atoms with E-state index in [0.717, 1.165) is 30.3 Å². The fourth-order valence-electron chi connectivity index (χ4n) is 2.95. The van der Waals surface area contributed by atoms with E-state index in [2.05, 4.69) is 33.0 Å². The molecule has 0 atom stereocenters. The highest BCUT2D eigenvalue weighted by atomic mass is 79.9. The van der Waals surface area contributed by atoms with Gasteiger partial charge in [0, 0.05) is 27.6 Å². The average molecular weight is 389 g/mol. The van der Waals surface area contributed by atoms with Crippen molar-refractivity contribution in [2.75, 3.05) is 0 Å². The molecule has 3 rings (SSSR count). The number of nitro benzene ring substituents is 1. The molecule has 24 heavy (non-hydrogen) atoms. The van der Waals surface area contributed by atoms with Crippen LogP contribution in [-0.2, 0) is 19.4 Å². The summed E-state index contributed by atoms with van der Waals surface area (Å²) in [7, 11) is 0. The molecule has 2 aromatic carbocycles. The number of aromatic amines is 1. The third-order valence-corrected chi connectivity index (χ3v) is 4.92. The number of nitro groups is 1. The van der Waals surface area contributed by atoms with E-state index in [9.17, 15) is 15.2 Å². The zero-order valence-electron chi connectivity index (χ0n) is 13.0. The first-order valence-electron chi connectivity index (χ1n) is 7.71. The molecule has 0 fully saturated rings. The summed E-state index contributed by atoms with van der Waals surface area (Å²) in [5.74, 6) is 0. The van der Waals surface area contributed by atoms with Crippen molar-refractivity contribution in [2.24, 2.45) is 0 Å². The number of halogens is 1. The van der Waals surface area contributed by atoms with E-state index in [0.29, 0.717) is 10.0 Å². The Morgan fingerprint density at radius 3 is 2.62 bits per heavy atom. The van der Waals surface area contributed by atoms with Crippen molar-refractivity contribution in [3.05, 3.63) is 73.9 Å². The van der Waals surface area contributed by atoms with Gasteiger partial charge in [0.2, 0.25) is 0 Å². The number of rotatable bonds is 6. The van der Waals surface area contributed by atoms with Crippen LogP contribution in [0.4, 0.5) is 5.69 Å². The molecule has 0 saturated carbocycles. The zero-order chi connectivity index (χ0) is 17.1. The first-order valence-corrected chi connectivity index (χ1v) is 8.51. The van der Waals surface area contributed by atoms with Gasteiger partial charge in [-0.1, -0.05) is 34.1 Å². The topological polar surface area (TPSA) is 79.2 Å². The smallest absolute Gasteiger partial charge is 0.276 e. The number of hydrogen-bond acceptors (Lipinski definition) is 3. The van der Waals surface area contributed by atoms with E-state index in [4.69, 9.17) is 0 Å². The van der Waals surface area contributed by atoms with Crippen LogP contribution in [0, 0.1) is 10.1 Å². The van der Waals surface area contributed by atoms with Crippen LogP contribution in [0.1, 0.15) is 23.1 Å². The van der Waals surface area contributed by atoms with E-state index < -0.39 is 4.92 Å². The minimum absolute atomic E-state index is 0.0512. The number of nitrogens with zero attached hydrogens (tertiary/aromatic N) is 1. The third kappa shape index (κ3) is 3.34. The predicted molar refractivity (Wildman–Crippen MR) is 97.0 cm³/mol. The quantitative estimate of drug-likeness (QED) is 0.481. The Bertz CT molecular complexity index is 889. The van der Waals surface area contributed by atoms with Gasteiger partial charge in [0.15, 0.2) is 0 Å². The third-order valence-electron chi connectivity index (χ3n) is 4.18. The van der Waals surface area contributed by atoms with Crippen LogP contribution in [0.3, 0.4) is 0 Å². The van der Waals surface area contributed by atoms with Gasteiger partial charge >= 0.3 is 0 Å². The Kier molecular flexibility index (Phi) is 4.97. The lowest BCUT2D eigenvalue weighted by Crippen LogP contribution is -1.99. The molecule has 1 aromatic heterocycles. The van der Waals surface area contributed by atoms with E-state index in [1.54, 1.807) is 6.07 Å². The molecule has 0 unspecified atom stereocenters. The van der Waals surface area contributed by atoms with Crippen LogP contribution in [0.25, 0.3) is 10.9 Å². The molecular formula is C18H17BrN2O3. The molecule has 3 aromatic rings. The summed E-state index contributed by atoms with van der Waals surface area (Å²) < 4.78 is 0.713. The van der Waals surface area contributed by atoms with Crippen LogP contribution in [-0.4, -0.2) is 15.0 Å².